The zero-order chi connectivity index (χ0) is 18.3. The van der Waals surface area contributed by atoms with Crippen LogP contribution in [0.15, 0.2) is 33.8 Å². The molecule has 7 nitrogen and oxygen atoms in total. The molecule has 1 aliphatic carbocycles. The third kappa shape index (κ3) is 3.27. The number of anilines is 1. The third-order valence-electron chi connectivity index (χ3n) is 4.13. The molecule has 3 heterocycles. The number of aliphatic hydroxyl groups is 1. The number of nitrogens with one attached hydrogen (secondary N) is 1. The van der Waals surface area contributed by atoms with E-state index in [-0.39, 0.29) is 29.2 Å². The molecule has 1 fully saturated rings. The highest BCUT2D eigenvalue weighted by atomic mass is 79.9. The van der Waals surface area contributed by atoms with Gasteiger partial charge in [-0.15, -0.1) is 11.3 Å². The number of thiazole rings is 1. The summed E-state index contributed by atoms with van der Waals surface area (Å²) in [6, 6.07) is 2.79. The number of pyridine rings is 1. The van der Waals surface area contributed by atoms with Crippen molar-refractivity contribution < 1.29 is 14.3 Å². The van der Waals surface area contributed by atoms with E-state index < -0.39 is 11.7 Å². The Morgan fingerprint density at radius 2 is 2.23 bits per heavy atom. The number of aliphatic hydroxyl groups excluding tert-OH is 1. The largest absolute Gasteiger partial charge is 0.393 e. The summed E-state index contributed by atoms with van der Waals surface area (Å²) in [6.45, 7) is 0. The van der Waals surface area contributed by atoms with E-state index in [4.69, 9.17) is 0 Å². The van der Waals surface area contributed by atoms with E-state index in [1.165, 1.54) is 29.7 Å². The van der Waals surface area contributed by atoms with Crippen LogP contribution in [-0.2, 0) is 0 Å². The van der Waals surface area contributed by atoms with Crippen LogP contribution >= 0.6 is 27.3 Å². The maximum absolute atomic E-state index is 14.2. The smallest absolute Gasteiger partial charge is 0.275 e. The van der Waals surface area contributed by atoms with Crippen molar-refractivity contribution in [2.45, 2.75) is 25.0 Å². The van der Waals surface area contributed by atoms with Gasteiger partial charge in [0, 0.05) is 17.8 Å². The van der Waals surface area contributed by atoms with Gasteiger partial charge in [-0.25, -0.2) is 9.37 Å². The number of nitrogens with zero attached hydrogens (tertiary/aromatic N) is 4. The Kier molecular flexibility index (Phi) is 4.55. The lowest BCUT2D eigenvalue weighted by Gasteiger charge is -2.31. The Morgan fingerprint density at radius 3 is 2.88 bits per heavy atom. The minimum atomic E-state index is -0.529. The zero-order valence-electron chi connectivity index (χ0n) is 13.3. The van der Waals surface area contributed by atoms with Crippen molar-refractivity contribution in [3.63, 3.8) is 0 Å². The summed E-state index contributed by atoms with van der Waals surface area (Å²) in [5, 5.41) is 18.3. The maximum atomic E-state index is 14.2. The molecule has 1 aliphatic rings. The number of aromatic nitrogens is 4. The summed E-state index contributed by atoms with van der Waals surface area (Å²) < 4.78 is 16.4. The summed E-state index contributed by atoms with van der Waals surface area (Å²) in [5.74, 6) is -0.948. The fraction of sp³-hybridized carbons (Fsp3) is 0.250. The summed E-state index contributed by atoms with van der Waals surface area (Å²) in [4.78, 5) is 20.6. The van der Waals surface area contributed by atoms with Gasteiger partial charge in [0.1, 0.15) is 17.1 Å². The monoisotopic (exact) mass is 437 g/mol. The highest BCUT2D eigenvalue weighted by molar-refractivity contribution is 9.11. The van der Waals surface area contributed by atoms with Gasteiger partial charge in [-0.05, 0) is 40.9 Å². The second kappa shape index (κ2) is 6.86. The molecule has 1 amide bonds. The van der Waals surface area contributed by atoms with Crippen molar-refractivity contribution in [1.29, 1.82) is 0 Å². The predicted molar refractivity (Wildman–Crippen MR) is 97.5 cm³/mol. The molecule has 1 saturated carbocycles. The average molecular weight is 438 g/mol. The van der Waals surface area contributed by atoms with Crippen LogP contribution in [0.3, 0.4) is 0 Å². The first kappa shape index (κ1) is 17.3. The summed E-state index contributed by atoms with van der Waals surface area (Å²) >= 11 is 4.51. The van der Waals surface area contributed by atoms with Gasteiger partial charge in [0.15, 0.2) is 9.73 Å². The van der Waals surface area contributed by atoms with E-state index in [2.05, 4.69) is 36.3 Å². The minimum absolute atomic E-state index is 0.00888. The number of carbonyl (C=O) groups is 1. The molecular formula is C16H13BrFN5O2S. The molecule has 134 valence electrons. The first-order chi connectivity index (χ1) is 12.5. The molecule has 0 unspecified atom stereocenters. The van der Waals surface area contributed by atoms with Crippen LogP contribution in [0.4, 0.5) is 10.1 Å². The molecule has 0 radical (unpaired) electrons. The summed E-state index contributed by atoms with van der Waals surface area (Å²) in [5.41, 5.74) is 0.896. The number of carbonyl (C=O) groups excluding carboxylic acids is 1. The van der Waals surface area contributed by atoms with Crippen LogP contribution in [0, 0.1) is 5.82 Å². The molecular weight excluding hydrogens is 425 g/mol. The lowest BCUT2D eigenvalue weighted by Crippen LogP contribution is -2.31. The fourth-order valence-corrected chi connectivity index (χ4v) is 3.71. The number of rotatable bonds is 4. The zero-order valence-corrected chi connectivity index (χ0v) is 15.7. The second-order valence-corrected chi connectivity index (χ2v) is 8.06. The quantitative estimate of drug-likeness (QED) is 0.653. The highest BCUT2D eigenvalue weighted by Gasteiger charge is 2.31. The van der Waals surface area contributed by atoms with Gasteiger partial charge < -0.3 is 10.4 Å². The summed E-state index contributed by atoms with van der Waals surface area (Å²) in [6.07, 6.45) is 3.88. The molecule has 0 atom stereocenters. The number of hydrogen-bond donors (Lipinski definition) is 2. The van der Waals surface area contributed by atoms with Gasteiger partial charge in [0.2, 0.25) is 0 Å². The van der Waals surface area contributed by atoms with Gasteiger partial charge in [-0.3, -0.25) is 14.5 Å². The molecule has 0 spiro atoms. The summed E-state index contributed by atoms with van der Waals surface area (Å²) in [7, 11) is 0. The predicted octanol–water partition coefficient (Wildman–Crippen LogP) is 3.25. The lowest BCUT2D eigenvalue weighted by molar-refractivity contribution is 0.0435. The van der Waals surface area contributed by atoms with Crippen LogP contribution in [0.1, 0.15) is 29.4 Å². The van der Waals surface area contributed by atoms with Crippen molar-refractivity contribution in [3.05, 3.63) is 45.3 Å². The van der Waals surface area contributed by atoms with E-state index >= 15 is 0 Å². The van der Waals surface area contributed by atoms with Crippen molar-refractivity contribution in [2.24, 2.45) is 0 Å². The van der Waals surface area contributed by atoms with Gasteiger partial charge in [0.25, 0.3) is 5.91 Å². The molecule has 0 saturated heterocycles. The maximum Gasteiger partial charge on any atom is 0.275 e. The van der Waals surface area contributed by atoms with Crippen LogP contribution in [-0.4, -0.2) is 36.9 Å². The molecule has 3 aromatic heterocycles. The van der Waals surface area contributed by atoms with E-state index in [1.54, 1.807) is 16.3 Å². The molecule has 26 heavy (non-hydrogen) atoms. The van der Waals surface area contributed by atoms with Crippen LogP contribution < -0.4 is 5.32 Å². The first-order valence-electron chi connectivity index (χ1n) is 7.81. The van der Waals surface area contributed by atoms with Crippen molar-refractivity contribution >= 4 is 38.9 Å². The Hall–Kier alpha value is -2.17. The Balaban J connectivity index is 1.69. The highest BCUT2D eigenvalue weighted by Crippen LogP contribution is 2.35. The van der Waals surface area contributed by atoms with Crippen molar-refractivity contribution in [1.82, 2.24) is 19.7 Å². The Morgan fingerprint density at radius 1 is 1.42 bits per heavy atom. The SMILES string of the molecule is O=C(Nc1cn([C@H]2C[C@H](O)C2)nc1-c1ncccc1F)c1csc(Br)n1. The van der Waals surface area contributed by atoms with Gasteiger partial charge in [-0.1, -0.05) is 0 Å². The molecule has 3 aromatic rings. The Bertz CT molecular complexity index is 969. The van der Waals surface area contributed by atoms with Gasteiger partial charge in [0.05, 0.1) is 17.8 Å². The molecule has 10 heteroatoms. The standard InChI is InChI=1S/C16H13BrFN5O2S/c17-16-21-12(7-26-16)15(25)20-11-6-23(8-4-9(24)5-8)22-14(11)13-10(18)2-1-3-19-13/h1-3,6-9,24H,4-5H2,(H,20,25)/t8-,9-. The third-order valence-corrected chi connectivity index (χ3v) is 5.50. The molecule has 0 bridgehead atoms. The van der Waals surface area contributed by atoms with Crippen molar-refractivity contribution in [2.75, 3.05) is 5.32 Å². The van der Waals surface area contributed by atoms with E-state index in [0.717, 1.165) is 0 Å². The minimum Gasteiger partial charge on any atom is -0.393 e. The fourth-order valence-electron chi connectivity index (χ4n) is 2.72. The number of amides is 1. The average Bonchev–Trinajstić information content (AvgIpc) is 3.19. The van der Waals surface area contributed by atoms with E-state index in [1.807, 2.05) is 0 Å². The normalized spacial score (nSPS) is 19.2. The number of hydrogen-bond acceptors (Lipinski definition) is 6. The van der Waals surface area contributed by atoms with E-state index in [9.17, 15) is 14.3 Å². The second-order valence-electron chi connectivity index (χ2n) is 5.92. The first-order valence-corrected chi connectivity index (χ1v) is 9.49. The topological polar surface area (TPSA) is 92.9 Å². The van der Waals surface area contributed by atoms with Crippen molar-refractivity contribution in [3.8, 4) is 11.4 Å². The Labute approximate surface area is 160 Å². The van der Waals surface area contributed by atoms with Crippen LogP contribution in [0.25, 0.3) is 11.4 Å². The van der Waals surface area contributed by atoms with Crippen LogP contribution in [0.5, 0.6) is 0 Å². The van der Waals surface area contributed by atoms with Crippen LogP contribution in [0.2, 0.25) is 0 Å². The van der Waals surface area contributed by atoms with Gasteiger partial charge in [-0.2, -0.15) is 5.10 Å². The lowest BCUT2D eigenvalue weighted by atomic mass is 9.90. The molecule has 0 aliphatic heterocycles. The molecule has 2 N–H and O–H groups in total. The molecule has 0 aromatic carbocycles. The number of halogens is 2. The van der Waals surface area contributed by atoms with E-state index in [0.29, 0.717) is 22.4 Å². The van der Waals surface area contributed by atoms with Gasteiger partial charge >= 0.3 is 0 Å². The molecule has 4 rings (SSSR count).